The van der Waals surface area contributed by atoms with Crippen molar-refractivity contribution in [2.24, 2.45) is 0 Å². The van der Waals surface area contributed by atoms with Crippen LogP contribution in [0.15, 0.2) is 42.5 Å². The molecule has 0 spiro atoms. The molecule has 1 aromatic heterocycles. The SMILES string of the molecule is Cc1nc(F)ccc1C#CCNC(=O)OCc1ccccc1. The number of nitrogens with zero attached hydrogens (tertiary/aromatic N) is 1. The summed E-state index contributed by atoms with van der Waals surface area (Å²) in [5.41, 5.74) is 2.05. The molecular weight excluding hydrogens is 283 g/mol. The number of nitrogens with one attached hydrogen (secondary N) is 1. The maximum atomic E-state index is 12.8. The summed E-state index contributed by atoms with van der Waals surface area (Å²) in [4.78, 5) is 15.1. The van der Waals surface area contributed by atoms with Crippen molar-refractivity contribution in [1.29, 1.82) is 0 Å². The molecule has 0 aliphatic carbocycles. The van der Waals surface area contributed by atoms with Gasteiger partial charge in [-0.3, -0.25) is 0 Å². The minimum absolute atomic E-state index is 0.143. The van der Waals surface area contributed by atoms with Gasteiger partial charge in [0.25, 0.3) is 0 Å². The van der Waals surface area contributed by atoms with Gasteiger partial charge in [0.15, 0.2) is 0 Å². The fourth-order valence-corrected chi connectivity index (χ4v) is 1.69. The van der Waals surface area contributed by atoms with Crippen molar-refractivity contribution in [1.82, 2.24) is 10.3 Å². The van der Waals surface area contributed by atoms with E-state index >= 15 is 0 Å². The number of carbonyl (C=O) groups is 1. The lowest BCUT2D eigenvalue weighted by Gasteiger charge is -2.04. The Morgan fingerprint density at radius 2 is 2.05 bits per heavy atom. The fraction of sp³-hybridized carbons (Fsp3) is 0.176. The van der Waals surface area contributed by atoms with Crippen LogP contribution in [0, 0.1) is 24.7 Å². The van der Waals surface area contributed by atoms with Gasteiger partial charge < -0.3 is 10.1 Å². The van der Waals surface area contributed by atoms with Gasteiger partial charge in [0.1, 0.15) is 6.61 Å². The first-order valence-electron chi connectivity index (χ1n) is 6.72. The minimum atomic E-state index is -0.536. The highest BCUT2D eigenvalue weighted by Crippen LogP contribution is 2.03. The Hall–Kier alpha value is -2.87. The van der Waals surface area contributed by atoms with Crippen LogP contribution < -0.4 is 5.32 Å². The van der Waals surface area contributed by atoms with Crippen LogP contribution in [-0.2, 0) is 11.3 Å². The van der Waals surface area contributed by atoms with Crippen LogP contribution in [0.2, 0.25) is 0 Å². The second-order valence-corrected chi connectivity index (χ2v) is 4.48. The lowest BCUT2D eigenvalue weighted by Crippen LogP contribution is -2.24. The van der Waals surface area contributed by atoms with Gasteiger partial charge in [-0.1, -0.05) is 42.2 Å². The van der Waals surface area contributed by atoms with E-state index < -0.39 is 12.0 Å². The number of hydrogen-bond donors (Lipinski definition) is 1. The van der Waals surface area contributed by atoms with E-state index in [1.807, 2.05) is 30.3 Å². The molecule has 0 saturated heterocycles. The summed E-state index contributed by atoms with van der Waals surface area (Å²) < 4.78 is 17.9. The molecule has 5 heteroatoms. The zero-order chi connectivity index (χ0) is 15.8. The molecule has 1 N–H and O–H groups in total. The Kier molecular flexibility index (Phi) is 5.50. The third kappa shape index (κ3) is 4.91. The number of aromatic nitrogens is 1. The largest absolute Gasteiger partial charge is 0.445 e. The van der Waals surface area contributed by atoms with Crippen molar-refractivity contribution in [3.63, 3.8) is 0 Å². The molecule has 0 bridgehead atoms. The summed E-state index contributed by atoms with van der Waals surface area (Å²) in [5.74, 6) is 5.05. The minimum Gasteiger partial charge on any atom is -0.445 e. The number of carbonyl (C=O) groups excluding carboxylic acids is 1. The van der Waals surface area contributed by atoms with Crippen molar-refractivity contribution in [2.45, 2.75) is 13.5 Å². The Morgan fingerprint density at radius 1 is 1.27 bits per heavy atom. The average molecular weight is 298 g/mol. The normalized spacial score (nSPS) is 9.55. The first kappa shape index (κ1) is 15.5. The first-order valence-corrected chi connectivity index (χ1v) is 6.72. The molecule has 0 atom stereocenters. The van der Waals surface area contributed by atoms with Crippen molar-refractivity contribution >= 4 is 6.09 Å². The number of alkyl carbamates (subject to hydrolysis) is 1. The number of benzene rings is 1. The van der Waals surface area contributed by atoms with Gasteiger partial charge in [0.05, 0.1) is 12.2 Å². The third-order valence-electron chi connectivity index (χ3n) is 2.81. The Morgan fingerprint density at radius 3 is 2.77 bits per heavy atom. The molecule has 2 aromatic rings. The van der Waals surface area contributed by atoms with E-state index in [2.05, 4.69) is 22.1 Å². The van der Waals surface area contributed by atoms with Crippen LogP contribution in [0.25, 0.3) is 0 Å². The van der Waals surface area contributed by atoms with E-state index in [9.17, 15) is 9.18 Å². The Labute approximate surface area is 128 Å². The second-order valence-electron chi connectivity index (χ2n) is 4.48. The second kappa shape index (κ2) is 7.79. The molecule has 112 valence electrons. The molecule has 2 rings (SSSR count). The highest BCUT2D eigenvalue weighted by molar-refractivity contribution is 5.67. The molecule has 22 heavy (non-hydrogen) atoms. The Balaban J connectivity index is 1.76. The standard InChI is InChI=1S/C17H15FN2O2/c1-13-15(9-10-16(18)20-13)8-5-11-19-17(21)22-12-14-6-3-2-4-7-14/h2-4,6-7,9-10H,11-12H2,1H3,(H,19,21). The maximum absolute atomic E-state index is 12.8. The van der Waals surface area contributed by atoms with Gasteiger partial charge in [-0.15, -0.1) is 0 Å². The molecule has 1 heterocycles. The number of pyridine rings is 1. The van der Waals surface area contributed by atoms with Crippen LogP contribution in [-0.4, -0.2) is 17.6 Å². The quantitative estimate of drug-likeness (QED) is 0.700. The molecule has 0 unspecified atom stereocenters. The number of hydrogen-bond acceptors (Lipinski definition) is 3. The number of rotatable bonds is 3. The first-order chi connectivity index (χ1) is 10.6. The van der Waals surface area contributed by atoms with Gasteiger partial charge in [-0.2, -0.15) is 4.39 Å². The number of aryl methyl sites for hydroxylation is 1. The zero-order valence-corrected chi connectivity index (χ0v) is 12.1. The molecule has 1 amide bonds. The smallest absolute Gasteiger partial charge is 0.408 e. The van der Waals surface area contributed by atoms with Crippen LogP contribution in [0.1, 0.15) is 16.8 Å². The van der Waals surface area contributed by atoms with E-state index in [0.29, 0.717) is 11.3 Å². The van der Waals surface area contributed by atoms with Crippen molar-refractivity contribution in [3.8, 4) is 11.8 Å². The maximum Gasteiger partial charge on any atom is 0.408 e. The van der Waals surface area contributed by atoms with Gasteiger partial charge in [0.2, 0.25) is 5.95 Å². The van der Waals surface area contributed by atoms with Crippen LogP contribution in [0.3, 0.4) is 0 Å². The summed E-state index contributed by atoms with van der Waals surface area (Å²) in [6.45, 7) is 2.03. The van der Waals surface area contributed by atoms with Gasteiger partial charge in [-0.25, -0.2) is 9.78 Å². The van der Waals surface area contributed by atoms with Crippen LogP contribution in [0.4, 0.5) is 9.18 Å². The van der Waals surface area contributed by atoms with E-state index in [1.54, 1.807) is 13.0 Å². The van der Waals surface area contributed by atoms with Gasteiger partial charge >= 0.3 is 6.09 Å². The monoisotopic (exact) mass is 298 g/mol. The predicted molar refractivity (Wildman–Crippen MR) is 80.4 cm³/mol. The topological polar surface area (TPSA) is 51.2 Å². The lowest BCUT2D eigenvalue weighted by molar-refractivity contribution is 0.141. The molecule has 0 aliphatic rings. The van der Waals surface area contributed by atoms with E-state index in [-0.39, 0.29) is 13.2 Å². The average Bonchev–Trinajstić information content (AvgIpc) is 2.52. The van der Waals surface area contributed by atoms with Gasteiger partial charge in [0, 0.05) is 5.56 Å². The summed E-state index contributed by atoms with van der Waals surface area (Å²) in [6.07, 6.45) is -0.535. The van der Waals surface area contributed by atoms with Crippen LogP contribution in [0.5, 0.6) is 0 Å². The summed E-state index contributed by atoms with van der Waals surface area (Å²) in [6, 6.07) is 12.2. The molecule has 0 radical (unpaired) electrons. The molecule has 4 nitrogen and oxygen atoms in total. The summed E-state index contributed by atoms with van der Waals surface area (Å²) >= 11 is 0. The molecule has 0 saturated carbocycles. The number of halogens is 1. The summed E-state index contributed by atoms with van der Waals surface area (Å²) in [7, 11) is 0. The molecule has 0 fully saturated rings. The highest BCUT2D eigenvalue weighted by atomic mass is 19.1. The fourth-order valence-electron chi connectivity index (χ4n) is 1.69. The van der Waals surface area contributed by atoms with Crippen LogP contribution >= 0.6 is 0 Å². The zero-order valence-electron chi connectivity index (χ0n) is 12.1. The number of amides is 1. The Bertz CT molecular complexity index is 706. The number of ether oxygens (including phenoxy) is 1. The lowest BCUT2D eigenvalue weighted by atomic mass is 10.2. The third-order valence-corrected chi connectivity index (χ3v) is 2.81. The van der Waals surface area contributed by atoms with E-state index in [1.165, 1.54) is 6.07 Å². The molecular formula is C17H15FN2O2. The van der Waals surface area contributed by atoms with E-state index in [4.69, 9.17) is 4.74 Å². The highest BCUT2D eigenvalue weighted by Gasteiger charge is 2.01. The van der Waals surface area contributed by atoms with Crippen molar-refractivity contribution in [3.05, 3.63) is 65.2 Å². The van der Waals surface area contributed by atoms with Crippen molar-refractivity contribution in [2.75, 3.05) is 6.54 Å². The van der Waals surface area contributed by atoms with Crippen molar-refractivity contribution < 1.29 is 13.9 Å². The molecule has 1 aromatic carbocycles. The summed E-state index contributed by atoms with van der Waals surface area (Å²) in [5, 5.41) is 2.52. The van der Waals surface area contributed by atoms with E-state index in [0.717, 1.165) is 5.56 Å². The molecule has 0 aliphatic heterocycles. The predicted octanol–water partition coefficient (Wildman–Crippen LogP) is 2.81. The van der Waals surface area contributed by atoms with Gasteiger partial charge in [-0.05, 0) is 24.6 Å².